The van der Waals surface area contributed by atoms with E-state index in [1.807, 2.05) is 36.4 Å². The zero-order valence-electron chi connectivity index (χ0n) is 9.11. The molecule has 0 aliphatic heterocycles. The van der Waals surface area contributed by atoms with Crippen molar-refractivity contribution < 1.29 is 4.42 Å². The van der Waals surface area contributed by atoms with Crippen molar-refractivity contribution in [2.45, 2.75) is 19.4 Å². The first-order valence-corrected chi connectivity index (χ1v) is 5.73. The Kier molecular flexibility index (Phi) is 3.52. The molecule has 2 nitrogen and oxygen atoms in total. The van der Waals surface area contributed by atoms with Gasteiger partial charge in [0.2, 0.25) is 0 Å². The van der Waals surface area contributed by atoms with E-state index in [-0.39, 0.29) is 6.04 Å². The molecule has 0 saturated carbocycles. The van der Waals surface area contributed by atoms with Gasteiger partial charge in [-0.1, -0.05) is 30.7 Å². The predicted molar refractivity (Wildman–Crippen MR) is 66.8 cm³/mol. The standard InChI is InChI=1S/C13H14ClNO/c1-2-11(13-8-5-9-16-13)15-12-7-4-3-6-10(12)14/h3-9,11,15H,2H2,1H3. The van der Waals surface area contributed by atoms with Crippen LogP contribution < -0.4 is 5.32 Å². The molecule has 1 atom stereocenters. The summed E-state index contributed by atoms with van der Waals surface area (Å²) in [6.45, 7) is 2.11. The van der Waals surface area contributed by atoms with Gasteiger partial charge in [0.05, 0.1) is 23.0 Å². The minimum Gasteiger partial charge on any atom is -0.467 e. The van der Waals surface area contributed by atoms with E-state index in [1.165, 1.54) is 0 Å². The van der Waals surface area contributed by atoms with Gasteiger partial charge in [-0.25, -0.2) is 0 Å². The van der Waals surface area contributed by atoms with Crippen LogP contribution in [0.4, 0.5) is 5.69 Å². The number of anilines is 1. The molecule has 0 amide bonds. The van der Waals surface area contributed by atoms with E-state index >= 15 is 0 Å². The van der Waals surface area contributed by atoms with Gasteiger partial charge in [-0.3, -0.25) is 0 Å². The summed E-state index contributed by atoms with van der Waals surface area (Å²) in [4.78, 5) is 0. The SMILES string of the molecule is CCC(Nc1ccccc1Cl)c1ccco1. The quantitative estimate of drug-likeness (QED) is 0.844. The van der Waals surface area contributed by atoms with Gasteiger partial charge in [0.1, 0.15) is 5.76 Å². The second kappa shape index (κ2) is 5.08. The molecule has 2 aromatic rings. The molecule has 0 aliphatic rings. The van der Waals surface area contributed by atoms with Gasteiger partial charge in [0.15, 0.2) is 0 Å². The largest absolute Gasteiger partial charge is 0.467 e. The average molecular weight is 236 g/mol. The highest BCUT2D eigenvalue weighted by atomic mass is 35.5. The van der Waals surface area contributed by atoms with Crippen molar-refractivity contribution in [2.24, 2.45) is 0 Å². The molecule has 0 radical (unpaired) electrons. The summed E-state index contributed by atoms with van der Waals surface area (Å²) in [5, 5.41) is 4.10. The maximum absolute atomic E-state index is 6.09. The highest BCUT2D eigenvalue weighted by molar-refractivity contribution is 6.33. The van der Waals surface area contributed by atoms with Crippen molar-refractivity contribution in [3.63, 3.8) is 0 Å². The summed E-state index contributed by atoms with van der Waals surface area (Å²) in [7, 11) is 0. The summed E-state index contributed by atoms with van der Waals surface area (Å²) in [5.74, 6) is 0.933. The van der Waals surface area contributed by atoms with Crippen LogP contribution in [-0.4, -0.2) is 0 Å². The molecule has 84 valence electrons. The van der Waals surface area contributed by atoms with Crippen LogP contribution >= 0.6 is 11.6 Å². The van der Waals surface area contributed by atoms with Gasteiger partial charge < -0.3 is 9.73 Å². The number of hydrogen-bond acceptors (Lipinski definition) is 2. The van der Waals surface area contributed by atoms with Crippen molar-refractivity contribution in [1.82, 2.24) is 0 Å². The van der Waals surface area contributed by atoms with E-state index in [0.29, 0.717) is 0 Å². The van der Waals surface area contributed by atoms with Gasteiger partial charge in [-0.05, 0) is 30.7 Å². The molecule has 0 spiro atoms. The lowest BCUT2D eigenvalue weighted by molar-refractivity contribution is 0.474. The molecule has 1 heterocycles. The van der Waals surface area contributed by atoms with Gasteiger partial charge in [-0.2, -0.15) is 0 Å². The first-order chi connectivity index (χ1) is 7.81. The second-order valence-electron chi connectivity index (χ2n) is 3.60. The summed E-state index contributed by atoms with van der Waals surface area (Å²) in [6.07, 6.45) is 2.63. The first-order valence-electron chi connectivity index (χ1n) is 5.35. The van der Waals surface area contributed by atoms with Gasteiger partial charge in [0, 0.05) is 0 Å². The average Bonchev–Trinajstić information content (AvgIpc) is 2.81. The van der Waals surface area contributed by atoms with Gasteiger partial charge in [0.25, 0.3) is 0 Å². The Labute approximate surface area is 100 Å². The van der Waals surface area contributed by atoms with E-state index in [4.69, 9.17) is 16.0 Å². The first kappa shape index (κ1) is 11.1. The Morgan fingerprint density at radius 2 is 2.06 bits per heavy atom. The topological polar surface area (TPSA) is 25.2 Å². The molecule has 1 aromatic heterocycles. The zero-order valence-corrected chi connectivity index (χ0v) is 9.87. The van der Waals surface area contributed by atoms with Crippen LogP contribution in [0, 0.1) is 0 Å². The van der Waals surface area contributed by atoms with E-state index in [9.17, 15) is 0 Å². The van der Waals surface area contributed by atoms with Crippen molar-refractivity contribution >= 4 is 17.3 Å². The fourth-order valence-electron chi connectivity index (χ4n) is 1.63. The molecule has 3 heteroatoms. The van der Waals surface area contributed by atoms with Crippen molar-refractivity contribution in [3.8, 4) is 0 Å². The molecule has 1 aromatic carbocycles. The van der Waals surface area contributed by atoms with Crippen molar-refractivity contribution in [2.75, 3.05) is 5.32 Å². The smallest absolute Gasteiger partial charge is 0.125 e. The van der Waals surface area contributed by atoms with Crippen LogP contribution in [0.1, 0.15) is 25.1 Å². The lowest BCUT2D eigenvalue weighted by atomic mass is 10.1. The molecule has 0 saturated heterocycles. The third-order valence-corrected chi connectivity index (χ3v) is 2.83. The lowest BCUT2D eigenvalue weighted by Gasteiger charge is -2.16. The minimum absolute atomic E-state index is 0.162. The molecule has 1 unspecified atom stereocenters. The predicted octanol–water partition coefficient (Wildman–Crippen LogP) is 4.50. The van der Waals surface area contributed by atoms with Gasteiger partial charge in [-0.15, -0.1) is 0 Å². The van der Waals surface area contributed by atoms with Crippen LogP contribution in [0.25, 0.3) is 0 Å². The normalized spacial score (nSPS) is 12.4. The summed E-state index contributed by atoms with van der Waals surface area (Å²) < 4.78 is 5.39. The number of benzene rings is 1. The summed E-state index contributed by atoms with van der Waals surface area (Å²) in [6, 6.07) is 11.7. The Morgan fingerprint density at radius 3 is 2.69 bits per heavy atom. The zero-order chi connectivity index (χ0) is 11.4. The van der Waals surface area contributed by atoms with Crippen LogP contribution in [-0.2, 0) is 0 Å². The number of halogens is 1. The Balaban J connectivity index is 2.17. The number of nitrogens with one attached hydrogen (secondary N) is 1. The molecular weight excluding hydrogens is 222 g/mol. The minimum atomic E-state index is 0.162. The summed E-state index contributed by atoms with van der Waals surface area (Å²) >= 11 is 6.09. The molecule has 16 heavy (non-hydrogen) atoms. The fourth-order valence-corrected chi connectivity index (χ4v) is 1.82. The third kappa shape index (κ3) is 2.39. The third-order valence-electron chi connectivity index (χ3n) is 2.50. The maximum atomic E-state index is 6.09. The number of hydrogen-bond donors (Lipinski definition) is 1. The Bertz CT molecular complexity index is 439. The molecule has 1 N–H and O–H groups in total. The van der Waals surface area contributed by atoms with E-state index in [1.54, 1.807) is 6.26 Å². The maximum Gasteiger partial charge on any atom is 0.125 e. The molecule has 0 fully saturated rings. The Hall–Kier alpha value is -1.41. The van der Waals surface area contributed by atoms with Crippen molar-refractivity contribution in [3.05, 3.63) is 53.4 Å². The van der Waals surface area contributed by atoms with Crippen molar-refractivity contribution in [1.29, 1.82) is 0 Å². The lowest BCUT2D eigenvalue weighted by Crippen LogP contribution is -2.08. The Morgan fingerprint density at radius 1 is 1.25 bits per heavy atom. The van der Waals surface area contributed by atoms with Crippen LogP contribution in [0.15, 0.2) is 47.1 Å². The number of furan rings is 1. The van der Waals surface area contributed by atoms with Gasteiger partial charge >= 0.3 is 0 Å². The van der Waals surface area contributed by atoms with E-state index < -0.39 is 0 Å². The monoisotopic (exact) mass is 235 g/mol. The highest BCUT2D eigenvalue weighted by Crippen LogP contribution is 2.27. The number of para-hydroxylation sites is 1. The molecule has 0 aliphatic carbocycles. The molecule has 0 bridgehead atoms. The fraction of sp³-hybridized carbons (Fsp3) is 0.231. The van der Waals surface area contributed by atoms with Crippen LogP contribution in [0.5, 0.6) is 0 Å². The van der Waals surface area contributed by atoms with E-state index in [0.717, 1.165) is 22.9 Å². The number of rotatable bonds is 4. The van der Waals surface area contributed by atoms with E-state index in [2.05, 4.69) is 12.2 Å². The molecule has 2 rings (SSSR count). The summed E-state index contributed by atoms with van der Waals surface area (Å²) in [5.41, 5.74) is 0.937. The highest BCUT2D eigenvalue weighted by Gasteiger charge is 2.12. The second-order valence-corrected chi connectivity index (χ2v) is 4.01. The van der Waals surface area contributed by atoms with Crippen LogP contribution in [0.3, 0.4) is 0 Å². The van der Waals surface area contributed by atoms with Crippen LogP contribution in [0.2, 0.25) is 5.02 Å². The molecular formula is C13H14ClNO.